The Morgan fingerprint density at radius 3 is 2.59 bits per heavy atom. The smallest absolute Gasteiger partial charge is 0.311 e. The molecule has 0 spiro atoms. The van der Waals surface area contributed by atoms with Crippen LogP contribution in [0.25, 0.3) is 0 Å². The summed E-state index contributed by atoms with van der Waals surface area (Å²) in [7, 11) is 1.61. The molecule has 1 aliphatic carbocycles. The van der Waals surface area contributed by atoms with Crippen molar-refractivity contribution in [3.05, 3.63) is 29.3 Å². The van der Waals surface area contributed by atoms with Crippen LogP contribution in [0.5, 0.6) is 5.75 Å². The number of carbonyl (C=O) groups is 1. The minimum absolute atomic E-state index is 0.440. The molecule has 17 heavy (non-hydrogen) atoms. The normalized spacial score (nSPS) is 18.5. The van der Waals surface area contributed by atoms with Crippen molar-refractivity contribution in [2.75, 3.05) is 7.11 Å². The zero-order chi connectivity index (χ0) is 12.6. The molecule has 0 saturated heterocycles. The molecular weight excluding hydrogens is 218 g/mol. The van der Waals surface area contributed by atoms with Crippen molar-refractivity contribution < 1.29 is 14.6 Å². The number of rotatable bonds is 4. The van der Waals surface area contributed by atoms with E-state index in [2.05, 4.69) is 0 Å². The lowest BCUT2D eigenvalue weighted by atomic mass is 9.90. The average molecular weight is 235 g/mol. The van der Waals surface area contributed by atoms with E-state index in [9.17, 15) is 9.90 Å². The summed E-state index contributed by atoms with van der Waals surface area (Å²) in [6, 6.07) is 5.15. The van der Waals surface area contributed by atoms with E-state index >= 15 is 0 Å². The molecule has 1 saturated carbocycles. The molecule has 0 bridgehead atoms. The van der Waals surface area contributed by atoms with E-state index in [0.717, 1.165) is 16.9 Å². The molecule has 0 aromatic heterocycles. The lowest BCUT2D eigenvalue weighted by molar-refractivity contribution is -0.144. The minimum Gasteiger partial charge on any atom is -0.496 e. The van der Waals surface area contributed by atoms with Gasteiger partial charge in [-0.1, -0.05) is 12.1 Å². The van der Waals surface area contributed by atoms with Crippen LogP contribution in [-0.4, -0.2) is 18.2 Å². The third-order valence-electron chi connectivity index (χ3n) is 3.59. The third-order valence-corrected chi connectivity index (χ3v) is 3.59. The van der Waals surface area contributed by atoms with E-state index < -0.39 is 17.4 Å². The summed E-state index contributed by atoms with van der Waals surface area (Å²) in [6.45, 7) is 1.93. The minimum atomic E-state index is -0.793. The van der Waals surface area contributed by atoms with Crippen molar-refractivity contribution in [1.82, 2.24) is 0 Å². The van der Waals surface area contributed by atoms with Crippen molar-refractivity contribution in [3.63, 3.8) is 0 Å². The van der Waals surface area contributed by atoms with Crippen LogP contribution < -0.4 is 10.5 Å². The molecule has 3 N–H and O–H groups in total. The lowest BCUT2D eigenvalue weighted by Gasteiger charge is -2.20. The maximum Gasteiger partial charge on any atom is 0.311 e. The van der Waals surface area contributed by atoms with Gasteiger partial charge in [-0.05, 0) is 37.0 Å². The summed E-state index contributed by atoms with van der Waals surface area (Å²) in [5.74, 6) is -0.000377. The summed E-state index contributed by atoms with van der Waals surface area (Å²) in [4.78, 5) is 11.2. The monoisotopic (exact) mass is 235 g/mol. The first-order chi connectivity index (χ1) is 8.01. The van der Waals surface area contributed by atoms with E-state index in [1.807, 2.05) is 25.1 Å². The van der Waals surface area contributed by atoms with Gasteiger partial charge in [-0.2, -0.15) is 0 Å². The third kappa shape index (κ3) is 1.89. The Hall–Kier alpha value is -1.55. The van der Waals surface area contributed by atoms with Crippen molar-refractivity contribution >= 4 is 5.97 Å². The Morgan fingerprint density at radius 1 is 1.53 bits per heavy atom. The summed E-state index contributed by atoms with van der Waals surface area (Å²) in [5, 5.41) is 9.20. The van der Waals surface area contributed by atoms with Crippen molar-refractivity contribution in [3.8, 4) is 5.75 Å². The topological polar surface area (TPSA) is 72.5 Å². The Kier molecular flexibility index (Phi) is 2.83. The second-order valence-electron chi connectivity index (χ2n) is 4.67. The van der Waals surface area contributed by atoms with Gasteiger partial charge >= 0.3 is 5.97 Å². The van der Waals surface area contributed by atoms with Gasteiger partial charge in [-0.25, -0.2) is 0 Å². The van der Waals surface area contributed by atoms with E-state index in [1.165, 1.54) is 0 Å². The van der Waals surface area contributed by atoms with Gasteiger partial charge in [0, 0.05) is 6.04 Å². The second kappa shape index (κ2) is 4.04. The van der Waals surface area contributed by atoms with Gasteiger partial charge in [0.2, 0.25) is 0 Å². The molecule has 92 valence electrons. The van der Waals surface area contributed by atoms with Crippen molar-refractivity contribution in [1.29, 1.82) is 0 Å². The molecule has 2 rings (SSSR count). The predicted molar refractivity (Wildman–Crippen MR) is 64.0 cm³/mol. The maximum absolute atomic E-state index is 11.2. The van der Waals surface area contributed by atoms with Crippen molar-refractivity contribution in [2.24, 2.45) is 11.1 Å². The van der Waals surface area contributed by atoms with Crippen LogP contribution in [0.3, 0.4) is 0 Å². The number of carboxylic acid groups (broad SMARTS) is 1. The van der Waals surface area contributed by atoms with Crippen LogP contribution in [0.15, 0.2) is 18.2 Å². The van der Waals surface area contributed by atoms with E-state index in [4.69, 9.17) is 10.5 Å². The number of aliphatic carboxylic acids is 1. The number of carboxylic acids is 1. The van der Waals surface area contributed by atoms with Gasteiger partial charge in [0.05, 0.1) is 12.5 Å². The van der Waals surface area contributed by atoms with Gasteiger partial charge in [0.15, 0.2) is 0 Å². The molecule has 4 heteroatoms. The quantitative estimate of drug-likeness (QED) is 0.835. The first-order valence-electron chi connectivity index (χ1n) is 5.65. The SMILES string of the molecule is COc1ccc(C(N)C2(C(=O)O)CC2)cc1C. The van der Waals surface area contributed by atoms with Gasteiger partial charge in [-0.3, -0.25) is 4.79 Å². The molecule has 1 aromatic carbocycles. The van der Waals surface area contributed by atoms with Crippen LogP contribution in [0, 0.1) is 12.3 Å². The van der Waals surface area contributed by atoms with Gasteiger partial charge in [-0.15, -0.1) is 0 Å². The molecule has 1 fully saturated rings. The molecule has 0 radical (unpaired) electrons. The molecule has 4 nitrogen and oxygen atoms in total. The number of aryl methyl sites for hydroxylation is 1. The number of hydrogen-bond donors (Lipinski definition) is 2. The summed E-state index contributed by atoms with van der Waals surface area (Å²) in [6.07, 6.45) is 1.32. The molecule has 1 aliphatic rings. The highest BCUT2D eigenvalue weighted by molar-refractivity contribution is 5.79. The second-order valence-corrected chi connectivity index (χ2v) is 4.67. The molecular formula is C13H17NO3. The number of ether oxygens (including phenoxy) is 1. The van der Waals surface area contributed by atoms with E-state index in [0.29, 0.717) is 12.8 Å². The molecule has 1 unspecified atom stereocenters. The molecule has 1 atom stereocenters. The van der Waals surface area contributed by atoms with Gasteiger partial charge in [0.1, 0.15) is 5.75 Å². The Bertz CT molecular complexity index is 452. The first-order valence-corrected chi connectivity index (χ1v) is 5.65. The summed E-state index contributed by atoms with van der Waals surface area (Å²) >= 11 is 0. The highest BCUT2D eigenvalue weighted by Crippen LogP contribution is 2.54. The van der Waals surface area contributed by atoms with Gasteiger partial charge < -0.3 is 15.6 Å². The zero-order valence-corrected chi connectivity index (χ0v) is 10.1. The fourth-order valence-corrected chi connectivity index (χ4v) is 2.21. The zero-order valence-electron chi connectivity index (χ0n) is 10.1. The highest BCUT2D eigenvalue weighted by Gasteiger charge is 2.55. The van der Waals surface area contributed by atoms with Crippen LogP contribution in [0.4, 0.5) is 0 Å². The standard InChI is InChI=1S/C13H17NO3/c1-8-7-9(3-4-10(8)17-2)11(14)13(5-6-13)12(15)16/h3-4,7,11H,5-6,14H2,1-2H3,(H,15,16). The summed E-state index contributed by atoms with van der Waals surface area (Å²) in [5.41, 5.74) is 7.16. The fourth-order valence-electron chi connectivity index (χ4n) is 2.21. The van der Waals surface area contributed by atoms with Crippen LogP contribution in [-0.2, 0) is 4.79 Å². The van der Waals surface area contributed by atoms with Crippen LogP contribution >= 0.6 is 0 Å². The number of nitrogens with two attached hydrogens (primary N) is 1. The number of benzene rings is 1. The van der Waals surface area contributed by atoms with E-state index in [1.54, 1.807) is 7.11 Å². The Morgan fingerprint density at radius 2 is 2.18 bits per heavy atom. The number of hydrogen-bond acceptors (Lipinski definition) is 3. The van der Waals surface area contributed by atoms with E-state index in [-0.39, 0.29) is 0 Å². The maximum atomic E-state index is 11.2. The Balaban J connectivity index is 2.29. The predicted octanol–water partition coefficient (Wildman–Crippen LogP) is 1.87. The Labute approximate surface area is 100 Å². The van der Waals surface area contributed by atoms with Crippen LogP contribution in [0.1, 0.15) is 30.0 Å². The molecule has 0 amide bonds. The first kappa shape index (κ1) is 11.9. The highest BCUT2D eigenvalue weighted by atomic mass is 16.5. The molecule has 1 aromatic rings. The van der Waals surface area contributed by atoms with Crippen LogP contribution in [0.2, 0.25) is 0 Å². The average Bonchev–Trinajstić information content (AvgIpc) is 3.09. The molecule has 0 aliphatic heterocycles. The molecule has 0 heterocycles. The van der Waals surface area contributed by atoms with Gasteiger partial charge in [0.25, 0.3) is 0 Å². The number of methoxy groups -OCH3 is 1. The van der Waals surface area contributed by atoms with Crippen molar-refractivity contribution in [2.45, 2.75) is 25.8 Å². The summed E-state index contributed by atoms with van der Waals surface area (Å²) < 4.78 is 5.17. The largest absolute Gasteiger partial charge is 0.496 e. The lowest BCUT2D eigenvalue weighted by Crippen LogP contribution is -2.29. The fraction of sp³-hybridized carbons (Fsp3) is 0.462.